The molecule has 0 spiro atoms. The van der Waals surface area contributed by atoms with Crippen LogP contribution in [0.25, 0.3) is 0 Å². The number of benzene rings is 1. The van der Waals surface area contributed by atoms with Gasteiger partial charge in [-0.3, -0.25) is 4.79 Å². The van der Waals surface area contributed by atoms with Crippen LogP contribution >= 0.6 is 0 Å². The van der Waals surface area contributed by atoms with Crippen LogP contribution in [0.4, 0.5) is 0 Å². The fourth-order valence-corrected chi connectivity index (χ4v) is 3.53. The third-order valence-corrected chi connectivity index (χ3v) is 5.36. The maximum absolute atomic E-state index is 12.3. The summed E-state index contributed by atoms with van der Waals surface area (Å²) < 4.78 is 26.3. The van der Waals surface area contributed by atoms with Crippen LogP contribution in [-0.2, 0) is 10.0 Å². The summed E-state index contributed by atoms with van der Waals surface area (Å²) in [7, 11) is -3.56. The van der Waals surface area contributed by atoms with Gasteiger partial charge in [-0.1, -0.05) is 6.08 Å². The van der Waals surface area contributed by atoms with E-state index in [2.05, 4.69) is 21.9 Å². The average molecular weight is 337 g/mol. The first-order chi connectivity index (χ1) is 10.9. The molecule has 2 rings (SSSR count). The molecule has 1 aliphatic heterocycles. The molecule has 0 aromatic heterocycles. The SMILES string of the molecule is C=CCNS(=O)(=O)c1ccc(C(=O)NC2CCCNC2C)cc1. The molecule has 1 heterocycles. The summed E-state index contributed by atoms with van der Waals surface area (Å²) in [4.78, 5) is 12.4. The molecule has 2 unspecified atom stereocenters. The lowest BCUT2D eigenvalue weighted by atomic mass is 9.99. The molecule has 3 N–H and O–H groups in total. The molecule has 0 aliphatic carbocycles. The first-order valence-electron chi connectivity index (χ1n) is 7.69. The van der Waals surface area contributed by atoms with Gasteiger partial charge in [-0.15, -0.1) is 6.58 Å². The van der Waals surface area contributed by atoms with Crippen molar-refractivity contribution in [2.75, 3.05) is 13.1 Å². The van der Waals surface area contributed by atoms with E-state index in [1.165, 1.54) is 30.3 Å². The van der Waals surface area contributed by atoms with Crippen molar-refractivity contribution in [1.82, 2.24) is 15.4 Å². The van der Waals surface area contributed by atoms with E-state index < -0.39 is 10.0 Å². The Morgan fingerprint density at radius 3 is 2.70 bits per heavy atom. The highest BCUT2D eigenvalue weighted by Crippen LogP contribution is 2.13. The smallest absolute Gasteiger partial charge is 0.251 e. The Hall–Kier alpha value is -1.70. The van der Waals surface area contributed by atoms with Gasteiger partial charge in [-0.05, 0) is 50.6 Å². The highest BCUT2D eigenvalue weighted by atomic mass is 32.2. The number of hydrogen-bond acceptors (Lipinski definition) is 4. The molecule has 126 valence electrons. The van der Waals surface area contributed by atoms with Crippen LogP contribution in [0.2, 0.25) is 0 Å². The maximum atomic E-state index is 12.3. The first kappa shape index (κ1) is 17.7. The van der Waals surface area contributed by atoms with Gasteiger partial charge in [-0.25, -0.2) is 13.1 Å². The summed E-state index contributed by atoms with van der Waals surface area (Å²) in [6.07, 6.45) is 3.44. The quantitative estimate of drug-likeness (QED) is 0.677. The number of carbonyl (C=O) groups excluding carboxylic acids is 1. The topological polar surface area (TPSA) is 87.3 Å². The molecule has 1 aromatic rings. The summed E-state index contributed by atoms with van der Waals surface area (Å²) in [6.45, 7) is 6.65. The molecule has 1 saturated heterocycles. The molecule has 0 saturated carbocycles. The van der Waals surface area contributed by atoms with E-state index in [0.29, 0.717) is 5.56 Å². The fraction of sp³-hybridized carbons (Fsp3) is 0.438. The zero-order chi connectivity index (χ0) is 16.9. The molecule has 1 amide bonds. The van der Waals surface area contributed by atoms with Gasteiger partial charge in [0.1, 0.15) is 0 Å². The Morgan fingerprint density at radius 2 is 2.09 bits per heavy atom. The highest BCUT2D eigenvalue weighted by molar-refractivity contribution is 7.89. The van der Waals surface area contributed by atoms with Crippen LogP contribution in [0.5, 0.6) is 0 Å². The summed E-state index contributed by atoms with van der Waals surface area (Å²) in [6, 6.07) is 6.24. The minimum Gasteiger partial charge on any atom is -0.348 e. The van der Waals surface area contributed by atoms with E-state index in [0.717, 1.165) is 19.4 Å². The number of amides is 1. The van der Waals surface area contributed by atoms with Crippen molar-refractivity contribution >= 4 is 15.9 Å². The van der Waals surface area contributed by atoms with E-state index in [9.17, 15) is 13.2 Å². The lowest BCUT2D eigenvalue weighted by Crippen LogP contribution is -2.51. The van der Waals surface area contributed by atoms with Crippen LogP contribution in [0.3, 0.4) is 0 Å². The zero-order valence-corrected chi connectivity index (χ0v) is 14.0. The van der Waals surface area contributed by atoms with Crippen LogP contribution in [-0.4, -0.2) is 39.5 Å². The van der Waals surface area contributed by atoms with Gasteiger partial charge in [0.2, 0.25) is 10.0 Å². The number of rotatable bonds is 6. The average Bonchev–Trinajstić information content (AvgIpc) is 2.55. The number of nitrogens with one attached hydrogen (secondary N) is 3. The fourth-order valence-electron chi connectivity index (χ4n) is 2.53. The van der Waals surface area contributed by atoms with Crippen LogP contribution in [0.15, 0.2) is 41.8 Å². The van der Waals surface area contributed by atoms with Crippen molar-refractivity contribution in [3.63, 3.8) is 0 Å². The second kappa shape index (κ2) is 7.72. The molecule has 1 fully saturated rings. The monoisotopic (exact) mass is 337 g/mol. The van der Waals surface area contributed by atoms with Crippen molar-refractivity contribution in [3.8, 4) is 0 Å². The number of carbonyl (C=O) groups is 1. The van der Waals surface area contributed by atoms with Gasteiger partial charge >= 0.3 is 0 Å². The van der Waals surface area contributed by atoms with Gasteiger partial charge in [0.25, 0.3) is 5.91 Å². The van der Waals surface area contributed by atoms with E-state index >= 15 is 0 Å². The van der Waals surface area contributed by atoms with Crippen LogP contribution < -0.4 is 15.4 Å². The van der Waals surface area contributed by atoms with Crippen molar-refractivity contribution < 1.29 is 13.2 Å². The molecule has 7 heteroatoms. The van der Waals surface area contributed by atoms with E-state index in [1.54, 1.807) is 0 Å². The molecular weight excluding hydrogens is 314 g/mol. The van der Waals surface area contributed by atoms with Crippen LogP contribution in [0.1, 0.15) is 30.1 Å². The van der Waals surface area contributed by atoms with Crippen molar-refractivity contribution in [3.05, 3.63) is 42.5 Å². The van der Waals surface area contributed by atoms with Crippen molar-refractivity contribution in [1.29, 1.82) is 0 Å². The summed E-state index contributed by atoms with van der Waals surface area (Å²) in [5, 5.41) is 6.32. The Bertz CT molecular complexity index is 656. The lowest BCUT2D eigenvalue weighted by molar-refractivity contribution is 0.0919. The molecule has 0 bridgehead atoms. The number of piperidine rings is 1. The Labute approximate surface area is 137 Å². The Morgan fingerprint density at radius 1 is 1.39 bits per heavy atom. The normalized spacial score (nSPS) is 21.6. The predicted molar refractivity (Wildman–Crippen MR) is 89.8 cm³/mol. The minimum absolute atomic E-state index is 0.0916. The van der Waals surface area contributed by atoms with E-state index in [-0.39, 0.29) is 29.4 Å². The second-order valence-electron chi connectivity index (χ2n) is 5.63. The third-order valence-electron chi connectivity index (χ3n) is 3.92. The van der Waals surface area contributed by atoms with E-state index in [1.807, 2.05) is 6.92 Å². The third kappa shape index (κ3) is 4.63. The molecule has 1 aliphatic rings. The summed E-state index contributed by atoms with van der Waals surface area (Å²) in [5.41, 5.74) is 0.449. The standard InChI is InChI=1S/C16H23N3O3S/c1-3-10-18-23(21,22)14-8-6-13(7-9-14)16(20)19-15-5-4-11-17-12(15)2/h3,6-9,12,15,17-18H,1,4-5,10-11H2,2H3,(H,19,20). The van der Waals surface area contributed by atoms with Gasteiger partial charge in [0.15, 0.2) is 0 Å². The van der Waals surface area contributed by atoms with Crippen LogP contribution in [0, 0.1) is 0 Å². The predicted octanol–water partition coefficient (Wildman–Crippen LogP) is 1.02. The number of hydrogen-bond donors (Lipinski definition) is 3. The second-order valence-corrected chi connectivity index (χ2v) is 7.40. The zero-order valence-electron chi connectivity index (χ0n) is 13.2. The Balaban J connectivity index is 2.04. The Kier molecular flexibility index (Phi) is 5.92. The molecule has 23 heavy (non-hydrogen) atoms. The molecular formula is C16H23N3O3S. The van der Waals surface area contributed by atoms with Crippen molar-refractivity contribution in [2.24, 2.45) is 0 Å². The van der Waals surface area contributed by atoms with Crippen molar-refractivity contribution in [2.45, 2.75) is 36.7 Å². The largest absolute Gasteiger partial charge is 0.348 e. The highest BCUT2D eigenvalue weighted by Gasteiger charge is 2.23. The molecule has 1 aromatic carbocycles. The van der Waals surface area contributed by atoms with E-state index in [4.69, 9.17) is 0 Å². The minimum atomic E-state index is -3.56. The van der Waals surface area contributed by atoms with Gasteiger partial charge in [0, 0.05) is 24.2 Å². The molecule has 6 nitrogen and oxygen atoms in total. The summed E-state index contributed by atoms with van der Waals surface area (Å²) in [5.74, 6) is -0.187. The summed E-state index contributed by atoms with van der Waals surface area (Å²) >= 11 is 0. The lowest BCUT2D eigenvalue weighted by Gasteiger charge is -2.30. The maximum Gasteiger partial charge on any atom is 0.251 e. The van der Waals surface area contributed by atoms with Gasteiger partial charge in [-0.2, -0.15) is 0 Å². The first-order valence-corrected chi connectivity index (χ1v) is 9.17. The van der Waals surface area contributed by atoms with Gasteiger partial charge in [0.05, 0.1) is 4.90 Å². The molecule has 0 radical (unpaired) electrons. The number of sulfonamides is 1. The van der Waals surface area contributed by atoms with Gasteiger partial charge < -0.3 is 10.6 Å². The molecule has 2 atom stereocenters.